The van der Waals surface area contributed by atoms with E-state index in [4.69, 9.17) is 9.47 Å². The second kappa shape index (κ2) is 8.18. The Labute approximate surface area is 164 Å². The van der Waals surface area contributed by atoms with E-state index < -0.39 is 10.0 Å². The van der Waals surface area contributed by atoms with E-state index in [1.807, 2.05) is 11.4 Å². The third-order valence-electron chi connectivity index (χ3n) is 5.07. The van der Waals surface area contributed by atoms with Crippen LogP contribution in [0.1, 0.15) is 36.6 Å². The molecule has 1 N–H and O–H groups in total. The van der Waals surface area contributed by atoms with Crippen molar-refractivity contribution in [2.45, 2.75) is 36.6 Å². The molecule has 0 spiro atoms. The Balaban J connectivity index is 1.51. The highest BCUT2D eigenvalue weighted by Crippen LogP contribution is 2.34. The van der Waals surface area contributed by atoms with E-state index in [1.54, 1.807) is 23.5 Å². The highest BCUT2D eigenvalue weighted by atomic mass is 32.2. The molecular formula is C19H24N2O4S2. The number of sulfonamides is 1. The first-order chi connectivity index (χ1) is 13.1. The maximum atomic E-state index is 12.8. The first-order valence-electron chi connectivity index (χ1n) is 9.30. The van der Waals surface area contributed by atoms with E-state index >= 15 is 0 Å². The van der Waals surface area contributed by atoms with Crippen molar-refractivity contribution in [2.75, 3.05) is 26.4 Å². The summed E-state index contributed by atoms with van der Waals surface area (Å²) < 4.78 is 39.1. The van der Waals surface area contributed by atoms with Crippen LogP contribution >= 0.6 is 11.3 Å². The van der Waals surface area contributed by atoms with Crippen LogP contribution in [0.5, 0.6) is 11.5 Å². The van der Waals surface area contributed by atoms with Crippen molar-refractivity contribution in [3.8, 4) is 11.5 Å². The van der Waals surface area contributed by atoms with Gasteiger partial charge in [0.05, 0.1) is 10.9 Å². The van der Waals surface area contributed by atoms with E-state index in [9.17, 15) is 8.42 Å². The van der Waals surface area contributed by atoms with Gasteiger partial charge in [-0.25, -0.2) is 13.1 Å². The van der Waals surface area contributed by atoms with Gasteiger partial charge in [-0.3, -0.25) is 4.90 Å². The second-order valence-corrected chi connectivity index (χ2v) is 9.59. The van der Waals surface area contributed by atoms with Gasteiger partial charge in [0.15, 0.2) is 11.5 Å². The molecule has 0 saturated carbocycles. The summed E-state index contributed by atoms with van der Waals surface area (Å²) >= 11 is 1.68. The van der Waals surface area contributed by atoms with Crippen LogP contribution in [0, 0.1) is 0 Å². The maximum absolute atomic E-state index is 12.8. The molecule has 0 radical (unpaired) electrons. The minimum absolute atomic E-state index is 0.0619. The Morgan fingerprint density at radius 2 is 1.85 bits per heavy atom. The van der Waals surface area contributed by atoms with Crippen LogP contribution in [0.25, 0.3) is 0 Å². The summed E-state index contributed by atoms with van der Waals surface area (Å²) in [6, 6.07) is 8.90. The van der Waals surface area contributed by atoms with Gasteiger partial charge in [0.2, 0.25) is 16.8 Å². The van der Waals surface area contributed by atoms with E-state index in [1.165, 1.54) is 23.8 Å². The number of thiophene rings is 1. The zero-order valence-electron chi connectivity index (χ0n) is 15.1. The smallest absolute Gasteiger partial charge is 0.240 e. The first kappa shape index (κ1) is 18.7. The van der Waals surface area contributed by atoms with Gasteiger partial charge in [-0.05, 0) is 49.5 Å². The summed E-state index contributed by atoms with van der Waals surface area (Å²) in [5.74, 6) is 1.05. The molecule has 3 heterocycles. The highest BCUT2D eigenvalue weighted by Gasteiger charge is 2.26. The molecule has 2 aliphatic rings. The number of nitrogens with one attached hydrogen (secondary N) is 1. The number of benzene rings is 1. The molecule has 0 amide bonds. The number of nitrogens with zero attached hydrogens (tertiary/aromatic N) is 1. The van der Waals surface area contributed by atoms with Gasteiger partial charge < -0.3 is 9.47 Å². The number of ether oxygens (including phenoxy) is 2. The van der Waals surface area contributed by atoms with Crippen molar-refractivity contribution in [1.29, 1.82) is 0 Å². The molecule has 1 atom stereocenters. The van der Waals surface area contributed by atoms with Gasteiger partial charge in [0, 0.05) is 17.5 Å². The Morgan fingerprint density at radius 1 is 1.07 bits per heavy atom. The quantitative estimate of drug-likeness (QED) is 0.794. The topological polar surface area (TPSA) is 67.9 Å². The van der Waals surface area contributed by atoms with Crippen LogP contribution in [0.4, 0.5) is 0 Å². The average molecular weight is 409 g/mol. The lowest BCUT2D eigenvalue weighted by Crippen LogP contribution is -2.38. The van der Waals surface area contributed by atoms with E-state index in [-0.39, 0.29) is 17.7 Å². The lowest BCUT2D eigenvalue weighted by molar-refractivity contribution is 0.174. The molecule has 1 saturated heterocycles. The molecule has 0 bridgehead atoms. The molecule has 1 aromatic carbocycles. The Morgan fingerprint density at radius 3 is 2.59 bits per heavy atom. The van der Waals surface area contributed by atoms with Gasteiger partial charge >= 0.3 is 0 Å². The first-order valence-corrected chi connectivity index (χ1v) is 11.7. The number of hydrogen-bond donors (Lipinski definition) is 1. The molecule has 0 aliphatic carbocycles. The Kier molecular flexibility index (Phi) is 5.68. The van der Waals surface area contributed by atoms with Crippen molar-refractivity contribution < 1.29 is 17.9 Å². The summed E-state index contributed by atoms with van der Waals surface area (Å²) in [5.41, 5.74) is 0. The molecule has 1 fully saturated rings. The van der Waals surface area contributed by atoms with Crippen molar-refractivity contribution in [2.24, 2.45) is 0 Å². The zero-order chi connectivity index (χ0) is 18.7. The molecule has 2 aromatic rings. The van der Waals surface area contributed by atoms with Gasteiger partial charge in [-0.15, -0.1) is 11.3 Å². The fourth-order valence-electron chi connectivity index (χ4n) is 3.61. The van der Waals surface area contributed by atoms with Crippen LogP contribution in [-0.2, 0) is 10.0 Å². The van der Waals surface area contributed by atoms with Crippen LogP contribution in [0.2, 0.25) is 0 Å². The van der Waals surface area contributed by atoms with Gasteiger partial charge in [-0.1, -0.05) is 18.9 Å². The van der Waals surface area contributed by atoms with Crippen molar-refractivity contribution in [3.63, 3.8) is 0 Å². The van der Waals surface area contributed by atoms with Crippen LogP contribution in [0.3, 0.4) is 0 Å². The minimum atomic E-state index is -3.62. The van der Waals surface area contributed by atoms with Gasteiger partial charge in [0.25, 0.3) is 0 Å². The Hall–Kier alpha value is -1.61. The third-order valence-corrected chi connectivity index (χ3v) is 7.47. The summed E-state index contributed by atoms with van der Waals surface area (Å²) in [5, 5.41) is 2.05. The number of rotatable bonds is 6. The molecule has 1 unspecified atom stereocenters. The molecule has 4 rings (SSSR count). The fourth-order valence-corrected chi connectivity index (χ4v) is 5.53. The van der Waals surface area contributed by atoms with E-state index in [0.717, 1.165) is 25.9 Å². The molecule has 27 heavy (non-hydrogen) atoms. The van der Waals surface area contributed by atoms with Crippen molar-refractivity contribution in [3.05, 3.63) is 40.6 Å². The van der Waals surface area contributed by atoms with Gasteiger partial charge in [-0.2, -0.15) is 0 Å². The summed E-state index contributed by atoms with van der Waals surface area (Å²) in [6.07, 6.45) is 4.82. The predicted molar refractivity (Wildman–Crippen MR) is 105 cm³/mol. The number of likely N-dealkylation sites (tertiary alicyclic amines) is 1. The maximum Gasteiger partial charge on any atom is 0.240 e. The van der Waals surface area contributed by atoms with Crippen LogP contribution in [-0.4, -0.2) is 39.7 Å². The van der Waals surface area contributed by atoms with Crippen LogP contribution in [0.15, 0.2) is 40.6 Å². The third kappa shape index (κ3) is 4.29. The molecular weight excluding hydrogens is 384 g/mol. The molecule has 2 aliphatic heterocycles. The lowest BCUT2D eigenvalue weighted by atomic mass is 10.2. The lowest BCUT2D eigenvalue weighted by Gasteiger charge is -2.30. The summed E-state index contributed by atoms with van der Waals surface area (Å²) in [4.78, 5) is 3.82. The molecule has 146 valence electrons. The standard InChI is InChI=1S/C19H24N2O4S2/c22-27(23,15-7-8-17-18(12-15)25-14-24-17)20-13-16(19-6-5-11-26-19)21-9-3-1-2-4-10-21/h5-8,11-12,16,20H,1-4,9-10,13-14H2. The molecule has 1 aromatic heterocycles. The average Bonchev–Trinajstić information content (AvgIpc) is 3.29. The summed E-state index contributed by atoms with van der Waals surface area (Å²) in [7, 11) is -3.62. The second-order valence-electron chi connectivity index (χ2n) is 6.85. The number of fused-ring (bicyclic) bond motifs is 1. The van der Waals surface area contributed by atoms with E-state index in [0.29, 0.717) is 18.0 Å². The predicted octanol–water partition coefficient (Wildman–Crippen LogP) is 3.37. The molecule has 6 nitrogen and oxygen atoms in total. The monoisotopic (exact) mass is 408 g/mol. The van der Waals surface area contributed by atoms with E-state index in [2.05, 4.69) is 15.7 Å². The Bertz CT molecular complexity index is 860. The number of hydrogen-bond acceptors (Lipinski definition) is 6. The molecule has 8 heteroatoms. The highest BCUT2D eigenvalue weighted by molar-refractivity contribution is 7.89. The largest absolute Gasteiger partial charge is 0.454 e. The van der Waals surface area contributed by atoms with Gasteiger partial charge in [0.1, 0.15) is 0 Å². The summed E-state index contributed by atoms with van der Waals surface area (Å²) in [6.45, 7) is 2.50. The zero-order valence-corrected chi connectivity index (χ0v) is 16.7. The fraction of sp³-hybridized carbons (Fsp3) is 0.474. The van der Waals surface area contributed by atoms with Crippen molar-refractivity contribution in [1.82, 2.24) is 9.62 Å². The van der Waals surface area contributed by atoms with Crippen LogP contribution < -0.4 is 14.2 Å². The SMILES string of the molecule is O=S(=O)(NCC(c1cccs1)N1CCCCCC1)c1ccc2c(c1)OCO2. The van der Waals surface area contributed by atoms with Crippen molar-refractivity contribution >= 4 is 21.4 Å². The minimum Gasteiger partial charge on any atom is -0.454 e. The normalized spacial score (nSPS) is 19.0.